The molecule has 84 valence electrons. The van der Waals surface area contributed by atoms with Crippen LogP contribution in [0.1, 0.15) is 6.92 Å². The smallest absolute Gasteiger partial charge is 0.327 e. The minimum Gasteiger partial charge on any atom is -0.465 e. The highest BCUT2D eigenvalue weighted by Gasteiger charge is 2.16. The number of ether oxygens (including phenoxy) is 1. The zero-order chi connectivity index (χ0) is 11.5. The van der Waals surface area contributed by atoms with E-state index < -0.39 is 20.0 Å². The molecular weight excluding hydrogens is 246 g/mol. The zero-order valence-electron chi connectivity index (χ0n) is 7.75. The van der Waals surface area contributed by atoms with E-state index in [1.807, 2.05) is 0 Å². The van der Waals surface area contributed by atoms with Crippen molar-refractivity contribution in [3.63, 3.8) is 0 Å². The van der Waals surface area contributed by atoms with Crippen LogP contribution in [0.4, 0.5) is 0 Å². The fourth-order valence-electron chi connectivity index (χ4n) is 0.809. The van der Waals surface area contributed by atoms with Gasteiger partial charge in [0.2, 0.25) is 5.03 Å². The zero-order valence-corrected chi connectivity index (χ0v) is 9.32. The second-order valence-corrected chi connectivity index (χ2v) is 5.01. The average molecular weight is 254 g/mol. The molecule has 1 aromatic heterocycles. The summed E-state index contributed by atoms with van der Waals surface area (Å²) in [4.78, 5) is 11.0. The maximum absolute atomic E-state index is 11.0. The van der Waals surface area contributed by atoms with Crippen LogP contribution in [0, 0.1) is 0 Å². The largest absolute Gasteiger partial charge is 0.465 e. The molecule has 0 aromatic carbocycles. The molecule has 0 bridgehead atoms. The van der Waals surface area contributed by atoms with Gasteiger partial charge in [-0.3, -0.25) is 4.79 Å². The van der Waals surface area contributed by atoms with Crippen molar-refractivity contribution >= 4 is 25.7 Å². The summed E-state index contributed by atoms with van der Waals surface area (Å²) in [5.41, 5.74) is 0. The number of esters is 1. The van der Waals surface area contributed by atoms with Crippen molar-refractivity contribution < 1.29 is 17.9 Å². The van der Waals surface area contributed by atoms with E-state index in [9.17, 15) is 13.2 Å². The van der Waals surface area contributed by atoms with Gasteiger partial charge in [-0.2, -0.15) is 0 Å². The van der Waals surface area contributed by atoms with Gasteiger partial charge in [0.05, 0.1) is 12.8 Å². The molecule has 0 saturated carbocycles. The Bertz CT molecular complexity index is 455. The number of aromatic nitrogens is 3. The van der Waals surface area contributed by atoms with Gasteiger partial charge >= 0.3 is 5.97 Å². The van der Waals surface area contributed by atoms with E-state index in [1.165, 1.54) is 0 Å². The Morgan fingerprint density at radius 2 is 2.33 bits per heavy atom. The Labute approximate surface area is 90.4 Å². The highest BCUT2D eigenvalue weighted by molar-refractivity contribution is 8.13. The second kappa shape index (κ2) is 4.58. The second-order valence-electron chi connectivity index (χ2n) is 2.50. The van der Waals surface area contributed by atoms with E-state index in [4.69, 9.17) is 10.7 Å². The van der Waals surface area contributed by atoms with E-state index in [0.717, 1.165) is 10.9 Å². The van der Waals surface area contributed by atoms with Gasteiger partial charge in [0.25, 0.3) is 9.05 Å². The molecule has 0 fully saturated rings. The van der Waals surface area contributed by atoms with Gasteiger partial charge in [-0.05, 0) is 6.92 Å². The minimum absolute atomic E-state index is 0.201. The first kappa shape index (κ1) is 11.9. The van der Waals surface area contributed by atoms with Gasteiger partial charge in [-0.1, -0.05) is 5.21 Å². The van der Waals surface area contributed by atoms with Crippen LogP contribution < -0.4 is 0 Å². The predicted octanol–water partition coefficient (Wildman–Crippen LogP) is -0.231. The molecule has 1 aromatic rings. The standard InChI is InChI=1S/C6H8ClN3O4S/c1-2-14-6(11)4-10-3-5(8-9-10)15(7,12)13/h3H,2,4H2,1H3. The van der Waals surface area contributed by atoms with Crippen molar-refractivity contribution in [1.82, 2.24) is 15.0 Å². The fraction of sp³-hybridized carbons (Fsp3) is 0.500. The van der Waals surface area contributed by atoms with Crippen LogP contribution in [-0.2, 0) is 25.1 Å². The SMILES string of the molecule is CCOC(=O)Cn1cc(S(=O)(=O)Cl)nn1. The Morgan fingerprint density at radius 1 is 1.67 bits per heavy atom. The monoisotopic (exact) mass is 253 g/mol. The summed E-state index contributed by atoms with van der Waals surface area (Å²) < 4.78 is 27.2. The lowest BCUT2D eigenvalue weighted by Gasteiger charge is -1.99. The molecule has 0 saturated heterocycles. The number of hydrogen-bond acceptors (Lipinski definition) is 6. The summed E-state index contributed by atoms with van der Waals surface area (Å²) >= 11 is 0. The maximum Gasteiger partial charge on any atom is 0.327 e. The lowest BCUT2D eigenvalue weighted by atomic mass is 10.6. The van der Waals surface area contributed by atoms with Crippen LogP contribution in [0.15, 0.2) is 11.2 Å². The molecule has 15 heavy (non-hydrogen) atoms. The first-order valence-corrected chi connectivity index (χ1v) is 6.25. The van der Waals surface area contributed by atoms with Gasteiger partial charge in [0, 0.05) is 10.7 Å². The van der Waals surface area contributed by atoms with Crippen LogP contribution in [0.5, 0.6) is 0 Å². The summed E-state index contributed by atoms with van der Waals surface area (Å²) in [6.45, 7) is 1.70. The van der Waals surface area contributed by atoms with E-state index in [2.05, 4.69) is 15.0 Å². The van der Waals surface area contributed by atoms with Crippen molar-refractivity contribution in [1.29, 1.82) is 0 Å². The predicted molar refractivity (Wildman–Crippen MR) is 49.7 cm³/mol. The van der Waals surface area contributed by atoms with Crippen LogP contribution >= 0.6 is 10.7 Å². The van der Waals surface area contributed by atoms with Crippen molar-refractivity contribution in [2.75, 3.05) is 6.61 Å². The number of carbonyl (C=O) groups excluding carboxylic acids is 1. The van der Waals surface area contributed by atoms with Gasteiger partial charge in [0.1, 0.15) is 6.54 Å². The van der Waals surface area contributed by atoms with Crippen molar-refractivity contribution in [2.24, 2.45) is 0 Å². The molecule has 0 unspecified atom stereocenters. The van der Waals surface area contributed by atoms with E-state index in [-0.39, 0.29) is 13.2 Å². The number of hydrogen-bond donors (Lipinski definition) is 0. The summed E-state index contributed by atoms with van der Waals surface area (Å²) in [5.74, 6) is -0.527. The minimum atomic E-state index is -3.90. The van der Waals surface area contributed by atoms with E-state index in [0.29, 0.717) is 0 Å². The van der Waals surface area contributed by atoms with Crippen LogP contribution in [0.2, 0.25) is 0 Å². The molecule has 7 nitrogen and oxygen atoms in total. The van der Waals surface area contributed by atoms with Crippen molar-refractivity contribution in [3.05, 3.63) is 6.20 Å². The summed E-state index contributed by atoms with van der Waals surface area (Å²) in [5, 5.41) is 6.30. The van der Waals surface area contributed by atoms with Gasteiger partial charge in [0.15, 0.2) is 0 Å². The Kier molecular flexibility index (Phi) is 3.64. The van der Waals surface area contributed by atoms with E-state index >= 15 is 0 Å². The molecule has 0 amide bonds. The van der Waals surface area contributed by atoms with Crippen LogP contribution in [0.3, 0.4) is 0 Å². The summed E-state index contributed by atoms with van der Waals surface area (Å²) in [7, 11) is 1.11. The average Bonchev–Trinajstić information content (AvgIpc) is 2.52. The fourth-order valence-corrected chi connectivity index (χ4v) is 1.40. The van der Waals surface area contributed by atoms with E-state index in [1.54, 1.807) is 6.92 Å². The van der Waals surface area contributed by atoms with Crippen LogP contribution in [-0.4, -0.2) is 36.0 Å². The molecule has 0 radical (unpaired) electrons. The lowest BCUT2D eigenvalue weighted by molar-refractivity contribution is -0.144. The molecule has 0 N–H and O–H groups in total. The first-order valence-electron chi connectivity index (χ1n) is 3.94. The Balaban J connectivity index is 2.73. The highest BCUT2D eigenvalue weighted by Crippen LogP contribution is 2.09. The van der Waals surface area contributed by atoms with Crippen LogP contribution in [0.25, 0.3) is 0 Å². The summed E-state index contributed by atoms with van der Waals surface area (Å²) in [6, 6.07) is 0. The molecule has 1 heterocycles. The molecule has 0 spiro atoms. The van der Waals surface area contributed by atoms with Crippen molar-refractivity contribution in [2.45, 2.75) is 18.5 Å². The highest BCUT2D eigenvalue weighted by atomic mass is 35.7. The first-order chi connectivity index (χ1) is 6.93. The third kappa shape index (κ3) is 3.48. The molecule has 0 aliphatic heterocycles. The van der Waals surface area contributed by atoms with Gasteiger partial charge < -0.3 is 4.74 Å². The quantitative estimate of drug-likeness (QED) is 0.544. The third-order valence-corrected chi connectivity index (χ3v) is 2.52. The van der Waals surface area contributed by atoms with Gasteiger partial charge in [-0.25, -0.2) is 13.1 Å². The number of halogens is 1. The molecule has 0 atom stereocenters. The Morgan fingerprint density at radius 3 is 2.80 bits per heavy atom. The molecule has 1 rings (SSSR count). The molecule has 0 aliphatic carbocycles. The molecular formula is C6H8ClN3O4S. The number of carbonyl (C=O) groups is 1. The molecule has 0 aliphatic rings. The van der Waals surface area contributed by atoms with Crippen molar-refractivity contribution in [3.8, 4) is 0 Å². The Hall–Kier alpha value is -1.15. The normalized spacial score (nSPS) is 11.3. The topological polar surface area (TPSA) is 91.2 Å². The molecule has 9 heteroatoms. The summed E-state index contributed by atoms with van der Waals surface area (Å²) in [6.07, 6.45) is 1.05. The number of rotatable bonds is 4. The number of nitrogens with zero attached hydrogens (tertiary/aromatic N) is 3. The maximum atomic E-state index is 11.0. The van der Waals surface area contributed by atoms with Gasteiger partial charge in [-0.15, -0.1) is 5.10 Å². The lowest BCUT2D eigenvalue weighted by Crippen LogP contribution is -2.13. The third-order valence-electron chi connectivity index (χ3n) is 1.36.